The van der Waals surface area contributed by atoms with Gasteiger partial charge >= 0.3 is 0 Å². The van der Waals surface area contributed by atoms with Crippen molar-refractivity contribution in [1.29, 1.82) is 0 Å². The molecule has 0 bridgehead atoms. The Morgan fingerprint density at radius 1 is 1.16 bits per heavy atom. The van der Waals surface area contributed by atoms with E-state index >= 15 is 0 Å². The largest absolute Gasteiger partial charge is 0.494 e. The zero-order chi connectivity index (χ0) is 21.6. The van der Waals surface area contributed by atoms with Crippen molar-refractivity contribution in [1.82, 2.24) is 10.3 Å². The van der Waals surface area contributed by atoms with Gasteiger partial charge in [-0.15, -0.1) is 11.3 Å². The summed E-state index contributed by atoms with van der Waals surface area (Å²) in [4.78, 5) is 28.9. The number of nitrogens with one attached hydrogen (secondary N) is 2. The second-order valence-corrected chi connectivity index (χ2v) is 8.38. The van der Waals surface area contributed by atoms with Gasteiger partial charge in [-0.05, 0) is 61.7 Å². The molecule has 2 N–H and O–H groups in total. The van der Waals surface area contributed by atoms with Gasteiger partial charge in [-0.2, -0.15) is 0 Å². The summed E-state index contributed by atoms with van der Waals surface area (Å²) in [6.45, 7) is 2.99. The molecule has 2 amide bonds. The SMILES string of the molecule is CCOc1ccc(-c2nc(CC(=O)NCc3cccc(NC(=O)C4CC4)c3)cs2)cc1. The van der Waals surface area contributed by atoms with Crippen molar-refractivity contribution in [2.24, 2.45) is 5.92 Å². The van der Waals surface area contributed by atoms with Crippen LogP contribution in [0.15, 0.2) is 53.9 Å². The van der Waals surface area contributed by atoms with Gasteiger partial charge in [0.1, 0.15) is 10.8 Å². The highest BCUT2D eigenvalue weighted by Gasteiger charge is 2.29. The Morgan fingerprint density at radius 3 is 2.71 bits per heavy atom. The average molecular weight is 436 g/mol. The lowest BCUT2D eigenvalue weighted by molar-refractivity contribution is -0.120. The van der Waals surface area contributed by atoms with Crippen LogP contribution in [0.25, 0.3) is 10.6 Å². The minimum absolute atomic E-state index is 0.0769. The number of hydrogen-bond acceptors (Lipinski definition) is 5. The molecule has 1 heterocycles. The molecule has 6 nitrogen and oxygen atoms in total. The minimum Gasteiger partial charge on any atom is -0.494 e. The van der Waals surface area contributed by atoms with E-state index in [1.54, 1.807) is 0 Å². The summed E-state index contributed by atoms with van der Waals surface area (Å²) in [6.07, 6.45) is 2.17. The maximum Gasteiger partial charge on any atom is 0.227 e. The fourth-order valence-electron chi connectivity index (χ4n) is 3.16. The van der Waals surface area contributed by atoms with E-state index in [0.717, 1.165) is 46.1 Å². The van der Waals surface area contributed by atoms with Gasteiger partial charge in [0.15, 0.2) is 0 Å². The van der Waals surface area contributed by atoms with E-state index in [1.165, 1.54) is 11.3 Å². The van der Waals surface area contributed by atoms with Crippen LogP contribution in [0.2, 0.25) is 0 Å². The topological polar surface area (TPSA) is 80.3 Å². The first kappa shape index (κ1) is 21.1. The highest BCUT2D eigenvalue weighted by Crippen LogP contribution is 2.30. The van der Waals surface area contributed by atoms with Crippen molar-refractivity contribution in [2.75, 3.05) is 11.9 Å². The third-order valence-corrected chi connectivity index (χ3v) is 5.88. The van der Waals surface area contributed by atoms with Gasteiger partial charge in [-0.1, -0.05) is 12.1 Å². The van der Waals surface area contributed by atoms with Crippen molar-refractivity contribution in [3.8, 4) is 16.3 Å². The number of rotatable bonds is 9. The van der Waals surface area contributed by atoms with Gasteiger partial charge < -0.3 is 15.4 Å². The van der Waals surface area contributed by atoms with E-state index < -0.39 is 0 Å². The van der Waals surface area contributed by atoms with Gasteiger partial charge in [-0.25, -0.2) is 4.98 Å². The molecule has 7 heteroatoms. The van der Waals surface area contributed by atoms with E-state index in [9.17, 15) is 9.59 Å². The van der Waals surface area contributed by atoms with Crippen molar-refractivity contribution < 1.29 is 14.3 Å². The van der Waals surface area contributed by atoms with Gasteiger partial charge in [0, 0.05) is 29.1 Å². The molecule has 0 radical (unpaired) electrons. The first-order valence-corrected chi connectivity index (χ1v) is 11.3. The normalized spacial score (nSPS) is 12.9. The molecular weight excluding hydrogens is 410 g/mol. The molecule has 0 spiro atoms. The second kappa shape index (κ2) is 9.75. The molecule has 3 aromatic rings. The smallest absolute Gasteiger partial charge is 0.227 e. The summed E-state index contributed by atoms with van der Waals surface area (Å²) in [7, 11) is 0. The number of anilines is 1. The fraction of sp³-hybridized carbons (Fsp3) is 0.292. The van der Waals surface area contributed by atoms with Crippen LogP contribution in [0, 0.1) is 5.92 Å². The lowest BCUT2D eigenvalue weighted by Crippen LogP contribution is -2.24. The standard InChI is InChI=1S/C24H25N3O3S/c1-2-30-21-10-8-18(9-11-21)24-27-20(15-31-24)13-22(28)25-14-16-4-3-5-19(12-16)26-23(29)17-6-7-17/h3-5,8-12,15,17H,2,6-7,13-14H2,1H3,(H,25,28)(H,26,29). The summed E-state index contributed by atoms with van der Waals surface area (Å²) in [5.74, 6) is 0.983. The molecule has 0 aliphatic heterocycles. The number of carbonyl (C=O) groups is 2. The lowest BCUT2D eigenvalue weighted by Gasteiger charge is -2.08. The summed E-state index contributed by atoms with van der Waals surface area (Å²) < 4.78 is 5.47. The monoisotopic (exact) mass is 435 g/mol. The third kappa shape index (κ3) is 5.92. The van der Waals surface area contributed by atoms with E-state index in [2.05, 4.69) is 15.6 Å². The first-order valence-electron chi connectivity index (χ1n) is 10.4. The zero-order valence-corrected chi connectivity index (χ0v) is 18.2. The lowest BCUT2D eigenvalue weighted by atomic mass is 10.2. The highest BCUT2D eigenvalue weighted by atomic mass is 32.1. The number of hydrogen-bond donors (Lipinski definition) is 2. The van der Waals surface area contributed by atoms with Crippen LogP contribution in [0.4, 0.5) is 5.69 Å². The van der Waals surface area contributed by atoms with E-state index in [4.69, 9.17) is 4.74 Å². The highest BCUT2D eigenvalue weighted by molar-refractivity contribution is 7.13. The van der Waals surface area contributed by atoms with Crippen LogP contribution in [0.5, 0.6) is 5.75 Å². The molecule has 0 unspecified atom stereocenters. The number of nitrogens with zero attached hydrogens (tertiary/aromatic N) is 1. The summed E-state index contributed by atoms with van der Waals surface area (Å²) in [5, 5.41) is 8.66. The van der Waals surface area contributed by atoms with Crippen molar-refractivity contribution >= 4 is 28.8 Å². The zero-order valence-electron chi connectivity index (χ0n) is 17.4. The predicted octanol–water partition coefficient (Wildman–Crippen LogP) is 4.42. The number of carbonyl (C=O) groups excluding carboxylic acids is 2. The Labute approximate surface area is 185 Å². The van der Waals surface area contributed by atoms with E-state index in [-0.39, 0.29) is 24.2 Å². The molecule has 1 aromatic heterocycles. The van der Waals surface area contributed by atoms with E-state index in [1.807, 2.05) is 60.8 Å². The Morgan fingerprint density at radius 2 is 1.97 bits per heavy atom. The summed E-state index contributed by atoms with van der Waals surface area (Å²) in [6, 6.07) is 15.4. The molecule has 4 rings (SSSR count). The van der Waals surface area contributed by atoms with Crippen LogP contribution in [0.1, 0.15) is 31.0 Å². The van der Waals surface area contributed by atoms with Gasteiger partial charge in [0.05, 0.1) is 18.7 Å². The molecule has 1 aliphatic rings. The van der Waals surface area contributed by atoms with Crippen LogP contribution in [-0.2, 0) is 22.6 Å². The number of ether oxygens (including phenoxy) is 1. The quantitative estimate of drug-likeness (QED) is 0.522. The molecule has 1 aliphatic carbocycles. The number of aromatic nitrogens is 1. The fourth-order valence-corrected chi connectivity index (χ4v) is 3.98. The first-order chi connectivity index (χ1) is 15.1. The number of thiazole rings is 1. The Hall–Kier alpha value is -3.19. The van der Waals surface area contributed by atoms with E-state index in [0.29, 0.717) is 13.2 Å². The van der Waals surface area contributed by atoms with Crippen LogP contribution in [-0.4, -0.2) is 23.4 Å². The van der Waals surface area contributed by atoms with Crippen molar-refractivity contribution in [2.45, 2.75) is 32.7 Å². The minimum atomic E-state index is -0.0871. The van der Waals surface area contributed by atoms with Crippen molar-refractivity contribution in [3.05, 3.63) is 65.2 Å². The van der Waals surface area contributed by atoms with Crippen LogP contribution in [0.3, 0.4) is 0 Å². The maximum absolute atomic E-state index is 12.4. The van der Waals surface area contributed by atoms with Gasteiger partial charge in [-0.3, -0.25) is 9.59 Å². The second-order valence-electron chi connectivity index (χ2n) is 7.52. The number of benzene rings is 2. The molecule has 0 atom stereocenters. The molecular formula is C24H25N3O3S. The summed E-state index contributed by atoms with van der Waals surface area (Å²) in [5.41, 5.74) is 3.46. The van der Waals surface area contributed by atoms with Crippen LogP contribution < -0.4 is 15.4 Å². The molecule has 2 aromatic carbocycles. The predicted molar refractivity (Wildman–Crippen MR) is 122 cm³/mol. The molecule has 0 saturated heterocycles. The molecule has 31 heavy (non-hydrogen) atoms. The molecule has 160 valence electrons. The molecule has 1 fully saturated rings. The van der Waals surface area contributed by atoms with Crippen LogP contribution >= 0.6 is 11.3 Å². The van der Waals surface area contributed by atoms with Crippen molar-refractivity contribution in [3.63, 3.8) is 0 Å². The number of amides is 2. The Bertz CT molecular complexity index is 1060. The third-order valence-electron chi connectivity index (χ3n) is 4.94. The Balaban J connectivity index is 1.29. The average Bonchev–Trinajstić information content (AvgIpc) is 3.53. The summed E-state index contributed by atoms with van der Waals surface area (Å²) >= 11 is 1.52. The maximum atomic E-state index is 12.4. The van der Waals surface area contributed by atoms with Gasteiger partial charge in [0.25, 0.3) is 0 Å². The molecule has 1 saturated carbocycles. The van der Waals surface area contributed by atoms with Gasteiger partial charge in [0.2, 0.25) is 11.8 Å². The Kier molecular flexibility index (Phi) is 6.62.